The average Bonchev–Trinajstić information content (AvgIpc) is 3.02. The molecule has 2 fully saturated rings. The van der Waals surface area contributed by atoms with E-state index in [0.29, 0.717) is 17.8 Å². The van der Waals surface area contributed by atoms with Crippen molar-refractivity contribution >= 4 is 23.5 Å². The minimum atomic E-state index is -0.963. The lowest BCUT2D eigenvalue weighted by molar-refractivity contribution is -0.145. The second kappa shape index (κ2) is 5.38. The molecule has 0 amide bonds. The molecule has 6 nitrogen and oxygen atoms in total. The van der Waals surface area contributed by atoms with Gasteiger partial charge in [0.2, 0.25) is 0 Å². The number of allylic oxidation sites excluding steroid dienone is 3. The third-order valence-electron chi connectivity index (χ3n) is 6.62. The largest absolute Gasteiger partial charge is 0.461 e. The maximum absolute atomic E-state index is 13.0. The van der Waals surface area contributed by atoms with E-state index in [1.165, 1.54) is 13.0 Å². The van der Waals surface area contributed by atoms with Gasteiger partial charge < -0.3 is 9.47 Å². The summed E-state index contributed by atoms with van der Waals surface area (Å²) in [6, 6.07) is 0. The monoisotopic (exact) mass is 358 g/mol. The predicted octanol–water partition coefficient (Wildman–Crippen LogP) is 2.13. The zero-order chi connectivity index (χ0) is 19.0. The molecule has 0 aromatic carbocycles. The third-order valence-corrected chi connectivity index (χ3v) is 6.62. The van der Waals surface area contributed by atoms with Crippen molar-refractivity contribution in [1.29, 1.82) is 0 Å². The van der Waals surface area contributed by atoms with Gasteiger partial charge in [0.15, 0.2) is 11.6 Å². The molecule has 6 heteroatoms. The number of rotatable bonds is 1. The molecule has 1 saturated carbocycles. The Balaban J connectivity index is 1.89. The Bertz CT molecular complexity index is 818. The highest BCUT2D eigenvalue weighted by Crippen LogP contribution is 2.61. The van der Waals surface area contributed by atoms with Gasteiger partial charge in [-0.25, -0.2) is 0 Å². The van der Waals surface area contributed by atoms with Crippen LogP contribution in [0.15, 0.2) is 23.0 Å². The zero-order valence-electron chi connectivity index (χ0n) is 15.3. The standard InChI is InChI=1S/C20H22O6/c1-8-5-12(22)17-16-11(6-13-15(16)9(2)19(24)26-13)14(25-10(3)21)7-20(17,4)18(8)23/h5,9,13,15-17H,6-7H2,1-4H3/t9-,13-,15-,16-,17+,20-/m0/s1. The Hall–Kier alpha value is -2.24. The fraction of sp³-hybridized carbons (Fsp3) is 0.600. The number of esters is 2. The first-order valence-corrected chi connectivity index (χ1v) is 9.03. The van der Waals surface area contributed by atoms with E-state index < -0.39 is 17.3 Å². The molecular weight excluding hydrogens is 336 g/mol. The van der Waals surface area contributed by atoms with Crippen LogP contribution in [0.2, 0.25) is 0 Å². The molecule has 138 valence electrons. The molecule has 0 aromatic heterocycles. The Morgan fingerprint density at radius 3 is 2.65 bits per heavy atom. The first kappa shape index (κ1) is 17.2. The highest BCUT2D eigenvalue weighted by molar-refractivity contribution is 6.12. The van der Waals surface area contributed by atoms with Crippen molar-refractivity contribution in [3.05, 3.63) is 23.0 Å². The van der Waals surface area contributed by atoms with Crippen molar-refractivity contribution in [2.45, 2.75) is 46.6 Å². The number of Topliss-reactive ketones (excluding diaryl/α,β-unsaturated/α-hetero) is 1. The Labute approximate surface area is 151 Å². The van der Waals surface area contributed by atoms with Crippen molar-refractivity contribution in [3.63, 3.8) is 0 Å². The van der Waals surface area contributed by atoms with Crippen molar-refractivity contribution < 1.29 is 28.7 Å². The molecule has 1 heterocycles. The fourth-order valence-electron chi connectivity index (χ4n) is 5.60. The highest BCUT2D eigenvalue weighted by atomic mass is 16.6. The van der Waals surface area contributed by atoms with Crippen molar-refractivity contribution in [1.82, 2.24) is 0 Å². The summed E-state index contributed by atoms with van der Waals surface area (Å²) in [5.41, 5.74) is 0.335. The van der Waals surface area contributed by atoms with E-state index in [2.05, 4.69) is 0 Å². The molecule has 4 rings (SSSR count). The minimum absolute atomic E-state index is 0.0822. The average molecular weight is 358 g/mol. The van der Waals surface area contributed by atoms with Crippen molar-refractivity contribution in [2.75, 3.05) is 0 Å². The number of carbonyl (C=O) groups excluding carboxylic acids is 4. The van der Waals surface area contributed by atoms with E-state index in [1.807, 2.05) is 6.92 Å². The number of ketones is 2. The lowest BCUT2D eigenvalue weighted by Crippen LogP contribution is -2.51. The third kappa shape index (κ3) is 2.10. The van der Waals surface area contributed by atoms with Crippen LogP contribution in [0, 0.1) is 29.1 Å². The zero-order valence-corrected chi connectivity index (χ0v) is 15.3. The number of carbonyl (C=O) groups is 4. The van der Waals surface area contributed by atoms with Crippen LogP contribution in [-0.4, -0.2) is 29.6 Å². The van der Waals surface area contributed by atoms with E-state index in [4.69, 9.17) is 9.47 Å². The van der Waals surface area contributed by atoms with Gasteiger partial charge in [0.25, 0.3) is 0 Å². The topological polar surface area (TPSA) is 86.7 Å². The van der Waals surface area contributed by atoms with Crippen LogP contribution in [0.25, 0.3) is 0 Å². The molecule has 0 N–H and O–H groups in total. The van der Waals surface area contributed by atoms with Gasteiger partial charge in [-0.1, -0.05) is 13.8 Å². The molecule has 0 spiro atoms. The Morgan fingerprint density at radius 2 is 2.00 bits per heavy atom. The maximum Gasteiger partial charge on any atom is 0.309 e. The Kier molecular flexibility index (Phi) is 3.56. The number of hydrogen-bond acceptors (Lipinski definition) is 6. The van der Waals surface area contributed by atoms with Gasteiger partial charge in [0.05, 0.1) is 5.92 Å². The smallest absolute Gasteiger partial charge is 0.309 e. The first-order chi connectivity index (χ1) is 12.1. The van der Waals surface area contributed by atoms with Crippen molar-refractivity contribution in [2.24, 2.45) is 29.1 Å². The van der Waals surface area contributed by atoms with Gasteiger partial charge in [0.1, 0.15) is 11.9 Å². The van der Waals surface area contributed by atoms with Crippen LogP contribution < -0.4 is 0 Å². The van der Waals surface area contributed by atoms with Crippen LogP contribution in [-0.2, 0) is 28.7 Å². The quantitative estimate of drug-likeness (QED) is 0.668. The van der Waals surface area contributed by atoms with Crippen LogP contribution in [0.1, 0.15) is 40.5 Å². The number of fused-ring (bicyclic) bond motifs is 5. The second-order valence-electron chi connectivity index (χ2n) is 8.24. The highest BCUT2D eigenvalue weighted by Gasteiger charge is 2.64. The summed E-state index contributed by atoms with van der Waals surface area (Å²) in [5.74, 6) is -1.77. The summed E-state index contributed by atoms with van der Waals surface area (Å²) in [6.45, 7) is 6.57. The van der Waals surface area contributed by atoms with Crippen LogP contribution in [0.4, 0.5) is 0 Å². The van der Waals surface area contributed by atoms with E-state index in [0.717, 1.165) is 5.57 Å². The molecular formula is C20H22O6. The van der Waals surface area contributed by atoms with E-state index in [1.54, 1.807) is 13.8 Å². The maximum atomic E-state index is 13.0. The fourth-order valence-corrected chi connectivity index (χ4v) is 5.60. The molecule has 0 radical (unpaired) electrons. The van der Waals surface area contributed by atoms with E-state index >= 15 is 0 Å². The lowest BCUT2D eigenvalue weighted by Gasteiger charge is -2.47. The summed E-state index contributed by atoms with van der Waals surface area (Å²) in [4.78, 5) is 49.7. The van der Waals surface area contributed by atoms with E-state index in [9.17, 15) is 19.2 Å². The van der Waals surface area contributed by atoms with E-state index in [-0.39, 0.29) is 47.8 Å². The lowest BCUT2D eigenvalue weighted by atomic mass is 9.54. The summed E-state index contributed by atoms with van der Waals surface area (Å²) < 4.78 is 11.0. The summed E-state index contributed by atoms with van der Waals surface area (Å²) in [5, 5.41) is 0. The molecule has 0 aromatic rings. The van der Waals surface area contributed by atoms with Crippen LogP contribution in [0.3, 0.4) is 0 Å². The Morgan fingerprint density at radius 1 is 1.31 bits per heavy atom. The summed E-state index contributed by atoms with van der Waals surface area (Å²) >= 11 is 0. The first-order valence-electron chi connectivity index (χ1n) is 9.03. The molecule has 3 aliphatic carbocycles. The van der Waals surface area contributed by atoms with Crippen molar-refractivity contribution in [3.8, 4) is 0 Å². The molecule has 6 atom stereocenters. The van der Waals surface area contributed by atoms with Gasteiger partial charge in [-0.2, -0.15) is 0 Å². The van der Waals surface area contributed by atoms with Gasteiger partial charge in [-0.3, -0.25) is 19.2 Å². The SMILES string of the molecule is CC(=O)OC1=C2C[C@@H]3OC(=O)[C@@H](C)[C@@H]3[C@H]2[C@H]2C(=O)C=C(C)C(=O)[C@@]2(C)C1. The predicted molar refractivity (Wildman–Crippen MR) is 89.4 cm³/mol. The van der Waals surface area contributed by atoms with Gasteiger partial charge in [0, 0.05) is 42.9 Å². The molecule has 1 saturated heterocycles. The molecule has 26 heavy (non-hydrogen) atoms. The number of ether oxygens (including phenoxy) is 2. The minimum Gasteiger partial charge on any atom is -0.461 e. The number of hydrogen-bond donors (Lipinski definition) is 0. The molecule has 4 aliphatic rings. The van der Waals surface area contributed by atoms with Crippen LogP contribution in [0.5, 0.6) is 0 Å². The molecule has 1 aliphatic heterocycles. The van der Waals surface area contributed by atoms with Gasteiger partial charge in [-0.15, -0.1) is 0 Å². The van der Waals surface area contributed by atoms with Gasteiger partial charge in [-0.05, 0) is 24.1 Å². The molecule has 0 unspecified atom stereocenters. The molecule has 0 bridgehead atoms. The van der Waals surface area contributed by atoms with Crippen LogP contribution >= 0.6 is 0 Å². The summed E-state index contributed by atoms with van der Waals surface area (Å²) in [6.07, 6.45) is 1.80. The summed E-state index contributed by atoms with van der Waals surface area (Å²) in [7, 11) is 0. The second-order valence-corrected chi connectivity index (χ2v) is 8.24. The van der Waals surface area contributed by atoms with Gasteiger partial charge >= 0.3 is 11.9 Å². The normalized spacial score (nSPS) is 41.3.